The van der Waals surface area contributed by atoms with Crippen molar-refractivity contribution < 1.29 is 14.3 Å². The van der Waals surface area contributed by atoms with Gasteiger partial charge in [0.2, 0.25) is 5.91 Å². The van der Waals surface area contributed by atoms with Crippen LogP contribution in [0.3, 0.4) is 0 Å². The highest BCUT2D eigenvalue weighted by Crippen LogP contribution is 2.19. The van der Waals surface area contributed by atoms with Gasteiger partial charge in [-0.25, -0.2) is 4.99 Å². The first-order valence-corrected chi connectivity index (χ1v) is 10.2. The summed E-state index contributed by atoms with van der Waals surface area (Å²) in [5, 5.41) is 3.56. The molecule has 0 radical (unpaired) electrons. The number of likely N-dealkylation sites (N-methyl/N-ethyl adjacent to an activating group) is 1. The number of carbonyl (C=O) groups excluding carboxylic acids is 2. The molecule has 0 aromatic heterocycles. The molecule has 1 unspecified atom stereocenters. The third-order valence-electron chi connectivity index (χ3n) is 5.65. The Labute approximate surface area is 161 Å². The van der Waals surface area contributed by atoms with Crippen LogP contribution in [-0.2, 0) is 14.3 Å². The molecule has 8 heteroatoms. The molecule has 2 aliphatic heterocycles. The second-order valence-corrected chi connectivity index (χ2v) is 7.87. The van der Waals surface area contributed by atoms with Gasteiger partial charge in [0, 0.05) is 52.9 Å². The molecular weight excluding hydrogens is 346 g/mol. The molecule has 3 aliphatic rings. The Kier molecular flexibility index (Phi) is 6.93. The Bertz CT molecular complexity index is 546. The van der Waals surface area contributed by atoms with E-state index in [-0.39, 0.29) is 24.5 Å². The van der Waals surface area contributed by atoms with Crippen molar-refractivity contribution in [3.63, 3.8) is 0 Å². The molecule has 2 saturated heterocycles. The number of amides is 2. The summed E-state index contributed by atoms with van der Waals surface area (Å²) in [6, 6.07) is 0.435. The number of ether oxygens (including phenoxy) is 1. The highest BCUT2D eigenvalue weighted by atomic mass is 16.5. The molecular formula is C19H33N5O3. The minimum absolute atomic E-state index is 0.00656. The maximum absolute atomic E-state index is 12.5. The number of aliphatic imine (C=N–C) groups is 1. The van der Waals surface area contributed by atoms with Crippen LogP contribution in [0, 0.1) is 0 Å². The maximum Gasteiger partial charge on any atom is 0.251 e. The van der Waals surface area contributed by atoms with E-state index in [0.717, 1.165) is 44.7 Å². The fourth-order valence-electron chi connectivity index (χ4n) is 3.89. The van der Waals surface area contributed by atoms with Gasteiger partial charge in [-0.05, 0) is 25.7 Å². The summed E-state index contributed by atoms with van der Waals surface area (Å²) < 4.78 is 5.54. The summed E-state index contributed by atoms with van der Waals surface area (Å²) >= 11 is 0. The molecule has 3 rings (SSSR count). The third-order valence-corrected chi connectivity index (χ3v) is 5.65. The normalized spacial score (nSPS) is 24.4. The van der Waals surface area contributed by atoms with E-state index < -0.39 is 0 Å². The Morgan fingerprint density at radius 1 is 1.04 bits per heavy atom. The smallest absolute Gasteiger partial charge is 0.251 e. The van der Waals surface area contributed by atoms with Gasteiger partial charge in [-0.2, -0.15) is 0 Å². The van der Waals surface area contributed by atoms with Gasteiger partial charge in [-0.3, -0.25) is 9.59 Å². The highest BCUT2D eigenvalue weighted by molar-refractivity contribution is 5.85. The number of rotatable bonds is 4. The van der Waals surface area contributed by atoms with Crippen LogP contribution in [-0.4, -0.2) is 98.0 Å². The first kappa shape index (κ1) is 19.9. The summed E-state index contributed by atoms with van der Waals surface area (Å²) in [6.07, 6.45) is 6.34. The van der Waals surface area contributed by atoms with Crippen molar-refractivity contribution >= 4 is 17.8 Å². The average Bonchev–Trinajstić information content (AvgIpc) is 3.38. The predicted molar refractivity (Wildman–Crippen MR) is 104 cm³/mol. The highest BCUT2D eigenvalue weighted by Gasteiger charge is 2.31. The Balaban J connectivity index is 1.58. The Hall–Kier alpha value is -1.83. The largest absolute Gasteiger partial charge is 0.368 e. The van der Waals surface area contributed by atoms with Gasteiger partial charge in [0.1, 0.15) is 12.6 Å². The van der Waals surface area contributed by atoms with Crippen LogP contribution < -0.4 is 5.32 Å². The summed E-state index contributed by atoms with van der Waals surface area (Å²) in [4.78, 5) is 34.7. The van der Waals surface area contributed by atoms with Crippen LogP contribution in [0.25, 0.3) is 0 Å². The lowest BCUT2D eigenvalue weighted by Crippen LogP contribution is -2.56. The van der Waals surface area contributed by atoms with E-state index in [1.54, 1.807) is 19.0 Å². The van der Waals surface area contributed by atoms with E-state index in [4.69, 9.17) is 4.74 Å². The van der Waals surface area contributed by atoms with E-state index >= 15 is 0 Å². The number of guanidine groups is 1. The fraction of sp³-hybridized carbons (Fsp3) is 0.842. The molecule has 27 heavy (non-hydrogen) atoms. The Morgan fingerprint density at radius 2 is 1.70 bits per heavy atom. The number of nitrogens with zero attached hydrogens (tertiary/aromatic N) is 4. The second kappa shape index (κ2) is 9.39. The molecule has 3 fully saturated rings. The molecule has 0 bridgehead atoms. The van der Waals surface area contributed by atoms with E-state index in [0.29, 0.717) is 25.7 Å². The van der Waals surface area contributed by atoms with Gasteiger partial charge in [-0.15, -0.1) is 0 Å². The number of carbonyl (C=O) groups is 2. The van der Waals surface area contributed by atoms with Gasteiger partial charge in [0.25, 0.3) is 5.91 Å². The van der Waals surface area contributed by atoms with Crippen molar-refractivity contribution in [3.8, 4) is 0 Å². The molecule has 1 atom stereocenters. The minimum atomic E-state index is -0.251. The van der Waals surface area contributed by atoms with Crippen molar-refractivity contribution in [2.75, 3.05) is 53.4 Å². The topological polar surface area (TPSA) is 77.5 Å². The summed E-state index contributed by atoms with van der Waals surface area (Å²) in [6.45, 7) is 3.65. The molecule has 1 N–H and O–H groups in total. The Morgan fingerprint density at radius 3 is 2.30 bits per heavy atom. The van der Waals surface area contributed by atoms with Crippen LogP contribution in [0.2, 0.25) is 0 Å². The second-order valence-electron chi connectivity index (χ2n) is 7.87. The number of nitrogens with one attached hydrogen (secondary N) is 1. The summed E-state index contributed by atoms with van der Waals surface area (Å²) in [5.74, 6) is 0.923. The monoisotopic (exact) mass is 379 g/mol. The van der Waals surface area contributed by atoms with Crippen LogP contribution >= 0.6 is 0 Å². The van der Waals surface area contributed by atoms with Crippen molar-refractivity contribution in [2.45, 2.75) is 50.7 Å². The molecule has 1 aliphatic carbocycles. The van der Waals surface area contributed by atoms with Crippen LogP contribution in [0.15, 0.2) is 4.99 Å². The quantitative estimate of drug-likeness (QED) is 0.561. The third kappa shape index (κ3) is 5.34. The number of hydrogen-bond donors (Lipinski definition) is 1. The zero-order valence-corrected chi connectivity index (χ0v) is 16.7. The van der Waals surface area contributed by atoms with E-state index in [1.165, 1.54) is 12.8 Å². The average molecular weight is 380 g/mol. The molecule has 0 aromatic rings. The van der Waals surface area contributed by atoms with Gasteiger partial charge in [0.15, 0.2) is 5.96 Å². The van der Waals surface area contributed by atoms with Gasteiger partial charge >= 0.3 is 0 Å². The van der Waals surface area contributed by atoms with Gasteiger partial charge in [0.05, 0.1) is 0 Å². The van der Waals surface area contributed by atoms with E-state index in [9.17, 15) is 9.59 Å². The van der Waals surface area contributed by atoms with Gasteiger partial charge in [-0.1, -0.05) is 12.8 Å². The first-order valence-electron chi connectivity index (χ1n) is 10.2. The molecule has 152 valence electrons. The summed E-state index contributed by atoms with van der Waals surface area (Å²) in [7, 11) is 3.49. The van der Waals surface area contributed by atoms with Crippen molar-refractivity contribution in [1.82, 2.24) is 20.0 Å². The number of piperazine rings is 1. The van der Waals surface area contributed by atoms with Crippen LogP contribution in [0.5, 0.6) is 0 Å². The molecule has 1 saturated carbocycles. The van der Waals surface area contributed by atoms with Crippen LogP contribution in [0.4, 0.5) is 0 Å². The van der Waals surface area contributed by atoms with Crippen LogP contribution in [0.1, 0.15) is 38.5 Å². The SMILES string of the molecule is CN(C)C(=O)CN=C(NC1CCCC1)N1CCN(C(=O)C2CCCO2)CC1. The van der Waals surface area contributed by atoms with Crippen molar-refractivity contribution in [3.05, 3.63) is 0 Å². The standard InChI is InChI=1S/C19H33N5O3/c1-22(2)17(25)14-20-19(21-15-6-3-4-7-15)24-11-9-23(10-12-24)18(26)16-8-5-13-27-16/h15-16H,3-14H2,1-2H3,(H,20,21). The van der Waals surface area contributed by atoms with E-state index in [2.05, 4.69) is 15.2 Å². The minimum Gasteiger partial charge on any atom is -0.368 e. The molecule has 0 spiro atoms. The first-order chi connectivity index (χ1) is 13.0. The number of hydrogen-bond acceptors (Lipinski definition) is 4. The predicted octanol–water partition coefficient (Wildman–Crippen LogP) is 0.286. The maximum atomic E-state index is 12.5. The molecule has 2 amide bonds. The van der Waals surface area contributed by atoms with E-state index in [1.807, 2.05) is 4.90 Å². The lowest BCUT2D eigenvalue weighted by Gasteiger charge is -2.38. The zero-order valence-electron chi connectivity index (χ0n) is 16.7. The van der Waals surface area contributed by atoms with Gasteiger partial charge < -0.3 is 24.8 Å². The summed E-state index contributed by atoms with van der Waals surface area (Å²) in [5.41, 5.74) is 0. The molecule has 2 heterocycles. The van der Waals surface area contributed by atoms with Crippen molar-refractivity contribution in [2.24, 2.45) is 4.99 Å². The fourth-order valence-corrected chi connectivity index (χ4v) is 3.89. The zero-order chi connectivity index (χ0) is 19.2. The van der Waals surface area contributed by atoms with Crippen molar-refractivity contribution in [1.29, 1.82) is 0 Å². The lowest BCUT2D eigenvalue weighted by molar-refractivity contribution is -0.142. The molecule has 8 nitrogen and oxygen atoms in total. The molecule has 0 aromatic carbocycles. The lowest BCUT2D eigenvalue weighted by atomic mass is 10.2.